The monoisotopic (exact) mass is 672 g/mol. The molecule has 0 amide bonds. The maximum absolute atomic E-state index is 6.81. The first-order chi connectivity index (χ1) is 26.3. The van der Waals surface area contributed by atoms with E-state index in [-0.39, 0.29) is 0 Å². The Labute approximate surface area is 307 Å². The summed E-state index contributed by atoms with van der Waals surface area (Å²) in [4.78, 5) is 0. The zero-order chi connectivity index (χ0) is 34.9. The molecule has 0 aliphatic rings. The van der Waals surface area contributed by atoms with Gasteiger partial charge >= 0.3 is 0 Å². The van der Waals surface area contributed by atoms with Crippen molar-refractivity contribution >= 4 is 65.0 Å². The molecule has 0 N–H and O–H groups in total. The van der Waals surface area contributed by atoms with E-state index in [1.54, 1.807) is 0 Å². The number of furan rings is 1. The second-order valence-electron chi connectivity index (χ2n) is 14.0. The summed E-state index contributed by atoms with van der Waals surface area (Å²) >= 11 is 0. The Kier molecular flexibility index (Phi) is 6.62. The largest absolute Gasteiger partial charge is 0.455 e. The molecule has 0 aliphatic heterocycles. The van der Waals surface area contributed by atoms with Crippen LogP contribution in [-0.2, 0) is 0 Å². The highest BCUT2D eigenvalue weighted by molar-refractivity contribution is 6.25. The van der Waals surface area contributed by atoms with Crippen LogP contribution in [0, 0.1) is 0 Å². The lowest BCUT2D eigenvalue weighted by atomic mass is 9.85. The molecule has 0 atom stereocenters. The summed E-state index contributed by atoms with van der Waals surface area (Å²) in [6.07, 6.45) is 0. The smallest absolute Gasteiger partial charge is 0.143 e. The predicted octanol–water partition coefficient (Wildman–Crippen LogP) is 14.9. The van der Waals surface area contributed by atoms with Crippen molar-refractivity contribution in [3.8, 4) is 44.5 Å². The molecule has 11 rings (SSSR count). The summed E-state index contributed by atoms with van der Waals surface area (Å²) < 4.78 is 6.81. The zero-order valence-corrected chi connectivity index (χ0v) is 28.9. The van der Waals surface area contributed by atoms with Crippen molar-refractivity contribution in [1.82, 2.24) is 0 Å². The normalized spacial score (nSPS) is 11.8. The van der Waals surface area contributed by atoms with Gasteiger partial charge in [0.2, 0.25) is 0 Å². The fourth-order valence-corrected chi connectivity index (χ4v) is 8.59. The Morgan fingerprint density at radius 3 is 1.28 bits per heavy atom. The van der Waals surface area contributed by atoms with E-state index < -0.39 is 0 Å². The van der Waals surface area contributed by atoms with Gasteiger partial charge in [0.25, 0.3) is 0 Å². The van der Waals surface area contributed by atoms with Crippen LogP contribution in [0.25, 0.3) is 110 Å². The molecule has 0 radical (unpaired) electrons. The second-order valence-corrected chi connectivity index (χ2v) is 14.0. The van der Waals surface area contributed by atoms with Crippen molar-refractivity contribution in [2.45, 2.75) is 0 Å². The Morgan fingerprint density at radius 2 is 0.698 bits per heavy atom. The first-order valence-electron chi connectivity index (χ1n) is 18.3. The van der Waals surface area contributed by atoms with Crippen LogP contribution in [0.5, 0.6) is 0 Å². The van der Waals surface area contributed by atoms with Gasteiger partial charge in [0.15, 0.2) is 0 Å². The minimum Gasteiger partial charge on any atom is -0.455 e. The first kappa shape index (κ1) is 29.7. The molecule has 53 heavy (non-hydrogen) atoms. The number of benzene rings is 10. The van der Waals surface area contributed by atoms with Gasteiger partial charge < -0.3 is 4.42 Å². The van der Waals surface area contributed by atoms with Gasteiger partial charge in [0.05, 0.1) is 0 Å². The zero-order valence-electron chi connectivity index (χ0n) is 28.9. The molecule has 0 fully saturated rings. The summed E-state index contributed by atoms with van der Waals surface area (Å²) in [6.45, 7) is 0. The molecule has 0 saturated heterocycles. The summed E-state index contributed by atoms with van der Waals surface area (Å²) in [7, 11) is 0. The average Bonchev–Trinajstić information content (AvgIpc) is 3.64. The standard InChI is InChI=1S/C52H32O/c1-2-12-33(13-3-1)34-22-26-37(27-23-34)48-42-18-8-10-20-44(42)49(45-21-11-9-19-43(45)48)38-28-24-36(25-29-38)47-32-39-15-5-7-17-41(39)52-50(47)46-31-30-35-14-4-6-16-40(35)51(46)53-52/h1-32H. The molecule has 1 nitrogen and oxygen atoms in total. The SMILES string of the molecule is c1ccc(-c2ccc(-c3c4ccccc4c(-c4ccc(-c5cc6ccccc6c6oc7c8ccccc8ccc7c56)cc4)c4ccccc34)cc2)cc1. The van der Waals surface area contributed by atoms with Crippen LogP contribution in [-0.4, -0.2) is 0 Å². The topological polar surface area (TPSA) is 13.1 Å². The van der Waals surface area contributed by atoms with Crippen molar-refractivity contribution in [3.63, 3.8) is 0 Å². The fourth-order valence-electron chi connectivity index (χ4n) is 8.59. The van der Waals surface area contributed by atoms with Crippen LogP contribution in [0.1, 0.15) is 0 Å². The summed E-state index contributed by atoms with van der Waals surface area (Å²) in [5, 5.41) is 12.0. The molecule has 0 spiro atoms. The lowest BCUT2D eigenvalue weighted by Gasteiger charge is -2.18. The van der Waals surface area contributed by atoms with Gasteiger partial charge in [0, 0.05) is 21.5 Å². The summed E-state index contributed by atoms with van der Waals surface area (Å²) in [5.74, 6) is 0. The van der Waals surface area contributed by atoms with Crippen molar-refractivity contribution in [1.29, 1.82) is 0 Å². The lowest BCUT2D eigenvalue weighted by molar-refractivity contribution is 0.676. The third kappa shape index (κ3) is 4.64. The van der Waals surface area contributed by atoms with Gasteiger partial charge in [-0.3, -0.25) is 0 Å². The molecular formula is C52H32O. The molecule has 0 bridgehead atoms. The lowest BCUT2D eigenvalue weighted by Crippen LogP contribution is -1.91. The highest BCUT2D eigenvalue weighted by Gasteiger charge is 2.20. The van der Waals surface area contributed by atoms with Crippen LogP contribution in [0.4, 0.5) is 0 Å². The third-order valence-electron chi connectivity index (χ3n) is 11.1. The molecule has 11 aromatic rings. The van der Waals surface area contributed by atoms with E-state index in [0.29, 0.717) is 0 Å². The van der Waals surface area contributed by atoms with E-state index >= 15 is 0 Å². The quantitative estimate of drug-likeness (QED) is 0.170. The minimum absolute atomic E-state index is 0.943. The fraction of sp³-hybridized carbons (Fsp3) is 0. The third-order valence-corrected chi connectivity index (χ3v) is 11.1. The van der Waals surface area contributed by atoms with Gasteiger partial charge in [-0.15, -0.1) is 0 Å². The maximum Gasteiger partial charge on any atom is 0.143 e. The second kappa shape index (κ2) is 11.8. The summed E-state index contributed by atoms with van der Waals surface area (Å²) in [6, 6.07) is 70.4. The molecular weight excluding hydrogens is 641 g/mol. The average molecular weight is 673 g/mol. The van der Waals surface area contributed by atoms with Crippen LogP contribution in [0.3, 0.4) is 0 Å². The van der Waals surface area contributed by atoms with E-state index in [0.717, 1.165) is 32.7 Å². The van der Waals surface area contributed by atoms with Crippen LogP contribution < -0.4 is 0 Å². The Hall–Kier alpha value is -6.96. The number of hydrogen-bond acceptors (Lipinski definition) is 1. The predicted molar refractivity (Wildman–Crippen MR) is 225 cm³/mol. The Balaban J connectivity index is 1.10. The molecule has 1 heterocycles. The van der Waals surface area contributed by atoms with Crippen molar-refractivity contribution in [2.24, 2.45) is 0 Å². The van der Waals surface area contributed by atoms with Crippen LogP contribution in [0.2, 0.25) is 0 Å². The van der Waals surface area contributed by atoms with Crippen molar-refractivity contribution in [2.75, 3.05) is 0 Å². The van der Waals surface area contributed by atoms with Crippen LogP contribution in [0.15, 0.2) is 199 Å². The summed E-state index contributed by atoms with van der Waals surface area (Å²) in [5.41, 5.74) is 11.6. The first-order valence-corrected chi connectivity index (χ1v) is 18.3. The number of fused-ring (bicyclic) bond motifs is 9. The molecule has 0 unspecified atom stereocenters. The highest BCUT2D eigenvalue weighted by atomic mass is 16.3. The van der Waals surface area contributed by atoms with Crippen molar-refractivity contribution in [3.05, 3.63) is 194 Å². The van der Waals surface area contributed by atoms with E-state index in [1.165, 1.54) is 76.8 Å². The molecule has 246 valence electrons. The van der Waals surface area contributed by atoms with Gasteiger partial charge in [-0.05, 0) is 89.0 Å². The van der Waals surface area contributed by atoms with E-state index in [2.05, 4.69) is 194 Å². The maximum atomic E-state index is 6.81. The van der Waals surface area contributed by atoms with E-state index in [9.17, 15) is 0 Å². The van der Waals surface area contributed by atoms with E-state index in [1.807, 2.05) is 0 Å². The van der Waals surface area contributed by atoms with Gasteiger partial charge in [-0.25, -0.2) is 0 Å². The van der Waals surface area contributed by atoms with Crippen molar-refractivity contribution < 1.29 is 4.42 Å². The highest BCUT2D eigenvalue weighted by Crippen LogP contribution is 2.46. The van der Waals surface area contributed by atoms with Crippen LogP contribution >= 0.6 is 0 Å². The van der Waals surface area contributed by atoms with Gasteiger partial charge in [-0.1, -0.05) is 182 Å². The molecule has 0 saturated carbocycles. The van der Waals surface area contributed by atoms with E-state index in [4.69, 9.17) is 4.42 Å². The molecule has 1 aromatic heterocycles. The molecule has 0 aliphatic carbocycles. The number of rotatable bonds is 4. The Bertz CT molecular complexity index is 3130. The Morgan fingerprint density at radius 1 is 0.264 bits per heavy atom. The molecule has 1 heteroatoms. The number of hydrogen-bond donors (Lipinski definition) is 0. The minimum atomic E-state index is 0.943. The van der Waals surface area contributed by atoms with Gasteiger partial charge in [-0.2, -0.15) is 0 Å². The van der Waals surface area contributed by atoms with Gasteiger partial charge in [0.1, 0.15) is 11.2 Å². The molecule has 10 aromatic carbocycles.